The first-order valence-corrected chi connectivity index (χ1v) is 9.86. The minimum Gasteiger partial charge on any atom is -0.493 e. The fraction of sp³-hybridized carbons (Fsp3) is 0.333. The summed E-state index contributed by atoms with van der Waals surface area (Å²) < 4.78 is 11.9. The first-order chi connectivity index (χ1) is 13.3. The van der Waals surface area contributed by atoms with Crippen LogP contribution in [0.2, 0.25) is 0 Å². The van der Waals surface area contributed by atoms with E-state index < -0.39 is 11.8 Å². The minimum atomic E-state index is -0.475. The summed E-state index contributed by atoms with van der Waals surface area (Å²) in [5, 5.41) is 0. The maximum Gasteiger partial charge on any atom is 0.276 e. The second-order valence-electron chi connectivity index (χ2n) is 6.56. The molecule has 0 unspecified atom stereocenters. The van der Waals surface area contributed by atoms with Gasteiger partial charge in [-0.05, 0) is 55.2 Å². The SMILES string of the molecule is CCOc1ccc(Br)cc1C(=O)NNC(=O)COc1cc(C)ccc1C(C)C. The Balaban J connectivity index is 1.96. The van der Waals surface area contributed by atoms with Crippen LogP contribution in [0, 0.1) is 6.92 Å². The number of hydrogen-bond acceptors (Lipinski definition) is 4. The van der Waals surface area contributed by atoms with Crippen LogP contribution in [0.5, 0.6) is 11.5 Å². The Morgan fingerprint density at radius 3 is 2.46 bits per heavy atom. The standard InChI is InChI=1S/C21H25BrN2O4/c1-5-27-18-9-7-15(22)11-17(18)21(26)24-23-20(25)12-28-19-10-14(4)6-8-16(19)13(2)3/h6-11,13H,5,12H2,1-4H3,(H,23,25)(H,24,26). The fourth-order valence-corrected chi connectivity index (χ4v) is 2.94. The highest BCUT2D eigenvalue weighted by Gasteiger charge is 2.15. The number of ether oxygens (including phenoxy) is 2. The van der Waals surface area contributed by atoms with Crippen molar-refractivity contribution in [2.24, 2.45) is 0 Å². The lowest BCUT2D eigenvalue weighted by atomic mass is 10.0. The van der Waals surface area contributed by atoms with Gasteiger partial charge in [0.1, 0.15) is 11.5 Å². The molecule has 150 valence electrons. The molecule has 2 N–H and O–H groups in total. The molecule has 2 aromatic rings. The predicted octanol–water partition coefficient (Wildman–Crippen LogP) is 4.12. The van der Waals surface area contributed by atoms with Crippen LogP contribution in [0.4, 0.5) is 0 Å². The zero-order chi connectivity index (χ0) is 20.7. The van der Waals surface area contributed by atoms with Crippen molar-refractivity contribution in [3.63, 3.8) is 0 Å². The van der Waals surface area contributed by atoms with Crippen molar-refractivity contribution in [1.29, 1.82) is 0 Å². The summed E-state index contributed by atoms with van der Waals surface area (Å²) in [7, 11) is 0. The largest absolute Gasteiger partial charge is 0.493 e. The lowest BCUT2D eigenvalue weighted by Gasteiger charge is -2.15. The molecule has 0 spiro atoms. The third-order valence-electron chi connectivity index (χ3n) is 3.95. The molecular formula is C21H25BrN2O4. The van der Waals surface area contributed by atoms with Crippen LogP contribution in [0.25, 0.3) is 0 Å². The van der Waals surface area contributed by atoms with Crippen molar-refractivity contribution >= 4 is 27.7 Å². The minimum absolute atomic E-state index is 0.208. The van der Waals surface area contributed by atoms with E-state index in [4.69, 9.17) is 9.47 Å². The van der Waals surface area contributed by atoms with Gasteiger partial charge in [0.25, 0.3) is 11.8 Å². The molecule has 7 heteroatoms. The van der Waals surface area contributed by atoms with Crippen molar-refractivity contribution < 1.29 is 19.1 Å². The lowest BCUT2D eigenvalue weighted by molar-refractivity contribution is -0.123. The second-order valence-corrected chi connectivity index (χ2v) is 7.48. The summed E-state index contributed by atoms with van der Waals surface area (Å²) in [4.78, 5) is 24.5. The first kappa shape index (κ1) is 21.8. The third-order valence-corrected chi connectivity index (χ3v) is 4.44. The number of aryl methyl sites for hydroxylation is 1. The zero-order valence-corrected chi connectivity index (χ0v) is 18.1. The van der Waals surface area contributed by atoms with Crippen LogP contribution in [-0.2, 0) is 4.79 Å². The molecule has 0 bridgehead atoms. The Kier molecular flexibility index (Phi) is 7.87. The van der Waals surface area contributed by atoms with Gasteiger partial charge in [-0.1, -0.05) is 41.9 Å². The number of benzene rings is 2. The van der Waals surface area contributed by atoms with Crippen LogP contribution < -0.4 is 20.3 Å². The Morgan fingerprint density at radius 1 is 1.04 bits per heavy atom. The van der Waals surface area contributed by atoms with Crippen molar-refractivity contribution in [3.8, 4) is 11.5 Å². The molecule has 0 radical (unpaired) electrons. The molecule has 2 amide bonds. The van der Waals surface area contributed by atoms with E-state index in [9.17, 15) is 9.59 Å². The Hall–Kier alpha value is -2.54. The van der Waals surface area contributed by atoms with Gasteiger partial charge in [-0.15, -0.1) is 0 Å². The van der Waals surface area contributed by atoms with Crippen molar-refractivity contribution in [2.45, 2.75) is 33.6 Å². The van der Waals surface area contributed by atoms with E-state index in [1.54, 1.807) is 18.2 Å². The summed E-state index contributed by atoms with van der Waals surface area (Å²) in [6.07, 6.45) is 0. The van der Waals surface area contributed by atoms with Crippen LogP contribution >= 0.6 is 15.9 Å². The van der Waals surface area contributed by atoms with Gasteiger partial charge >= 0.3 is 0 Å². The van der Waals surface area contributed by atoms with Crippen molar-refractivity contribution in [2.75, 3.05) is 13.2 Å². The van der Waals surface area contributed by atoms with E-state index in [-0.39, 0.29) is 12.5 Å². The molecule has 0 saturated carbocycles. The number of amides is 2. The Bertz CT molecular complexity index is 852. The van der Waals surface area contributed by atoms with Gasteiger partial charge in [0.05, 0.1) is 12.2 Å². The highest BCUT2D eigenvalue weighted by Crippen LogP contribution is 2.27. The van der Waals surface area contributed by atoms with E-state index in [2.05, 4.69) is 40.6 Å². The second kappa shape index (κ2) is 10.1. The molecule has 0 heterocycles. The number of carbonyl (C=O) groups excluding carboxylic acids is 2. The summed E-state index contributed by atoms with van der Waals surface area (Å²) in [6, 6.07) is 11.0. The summed E-state index contributed by atoms with van der Waals surface area (Å²) in [5.41, 5.74) is 7.15. The van der Waals surface area contributed by atoms with Gasteiger partial charge in [-0.2, -0.15) is 0 Å². The molecule has 2 rings (SSSR count). The van der Waals surface area contributed by atoms with E-state index in [0.29, 0.717) is 23.7 Å². The Morgan fingerprint density at radius 2 is 1.79 bits per heavy atom. The maximum atomic E-state index is 12.4. The molecule has 6 nitrogen and oxygen atoms in total. The van der Waals surface area contributed by atoms with E-state index in [0.717, 1.165) is 15.6 Å². The number of hydrogen-bond donors (Lipinski definition) is 2. The van der Waals surface area contributed by atoms with Gasteiger partial charge in [-0.3, -0.25) is 20.4 Å². The molecular weight excluding hydrogens is 424 g/mol. The van der Waals surface area contributed by atoms with Crippen molar-refractivity contribution in [3.05, 3.63) is 57.6 Å². The molecule has 28 heavy (non-hydrogen) atoms. The van der Waals surface area contributed by atoms with Crippen LogP contribution in [0.15, 0.2) is 40.9 Å². The highest BCUT2D eigenvalue weighted by atomic mass is 79.9. The predicted molar refractivity (Wildman–Crippen MR) is 112 cm³/mol. The average Bonchev–Trinajstić information content (AvgIpc) is 2.65. The van der Waals surface area contributed by atoms with Gasteiger partial charge in [0, 0.05) is 4.47 Å². The monoisotopic (exact) mass is 448 g/mol. The zero-order valence-electron chi connectivity index (χ0n) is 16.5. The average molecular weight is 449 g/mol. The molecule has 0 aromatic heterocycles. The number of rotatable bonds is 7. The van der Waals surface area contributed by atoms with Gasteiger partial charge in [-0.25, -0.2) is 0 Å². The van der Waals surface area contributed by atoms with Crippen LogP contribution in [0.1, 0.15) is 48.2 Å². The van der Waals surface area contributed by atoms with Crippen LogP contribution in [0.3, 0.4) is 0 Å². The quantitative estimate of drug-likeness (QED) is 0.624. The van der Waals surface area contributed by atoms with Crippen molar-refractivity contribution in [1.82, 2.24) is 10.9 Å². The van der Waals surface area contributed by atoms with E-state index in [1.165, 1.54) is 0 Å². The molecule has 2 aromatic carbocycles. The smallest absolute Gasteiger partial charge is 0.276 e. The highest BCUT2D eigenvalue weighted by molar-refractivity contribution is 9.10. The van der Waals surface area contributed by atoms with E-state index >= 15 is 0 Å². The third kappa shape index (κ3) is 5.99. The fourth-order valence-electron chi connectivity index (χ4n) is 2.58. The summed E-state index contributed by atoms with van der Waals surface area (Å²) in [5.74, 6) is 0.443. The summed E-state index contributed by atoms with van der Waals surface area (Å²) in [6.45, 7) is 8.14. The lowest BCUT2D eigenvalue weighted by Crippen LogP contribution is -2.44. The normalized spacial score (nSPS) is 10.5. The van der Waals surface area contributed by atoms with Gasteiger partial charge < -0.3 is 9.47 Å². The van der Waals surface area contributed by atoms with Gasteiger partial charge in [0.15, 0.2) is 6.61 Å². The number of nitrogens with one attached hydrogen (secondary N) is 2. The van der Waals surface area contributed by atoms with E-state index in [1.807, 2.05) is 32.0 Å². The number of halogens is 1. The molecule has 0 aliphatic rings. The first-order valence-electron chi connectivity index (χ1n) is 9.06. The Labute approximate surface area is 173 Å². The number of carbonyl (C=O) groups is 2. The molecule has 0 atom stereocenters. The topological polar surface area (TPSA) is 76.7 Å². The molecule has 0 aliphatic heterocycles. The number of hydrazine groups is 1. The molecule has 0 aliphatic carbocycles. The molecule has 0 saturated heterocycles. The van der Waals surface area contributed by atoms with Gasteiger partial charge in [0.2, 0.25) is 0 Å². The van der Waals surface area contributed by atoms with Crippen LogP contribution in [-0.4, -0.2) is 25.0 Å². The summed E-state index contributed by atoms with van der Waals surface area (Å²) >= 11 is 3.33. The molecule has 0 fully saturated rings. The maximum absolute atomic E-state index is 12.4.